The molecular formula is C23H24N4O3S. The second-order valence-electron chi connectivity index (χ2n) is 7.54. The van der Waals surface area contributed by atoms with Gasteiger partial charge in [0.15, 0.2) is 5.65 Å². The average Bonchev–Trinajstić information content (AvgIpc) is 3.26. The predicted octanol–water partition coefficient (Wildman–Crippen LogP) is 4.26. The molecule has 0 fully saturated rings. The number of hydrogen-bond donors (Lipinski definition) is 0. The fraction of sp³-hybridized carbons (Fsp3) is 0.217. The van der Waals surface area contributed by atoms with Crippen LogP contribution in [0.3, 0.4) is 0 Å². The molecule has 0 radical (unpaired) electrons. The molecule has 0 aliphatic heterocycles. The van der Waals surface area contributed by atoms with E-state index in [1.54, 1.807) is 29.8 Å². The lowest BCUT2D eigenvalue weighted by atomic mass is 10.0. The first-order valence-electron chi connectivity index (χ1n) is 9.94. The second-order valence-corrected chi connectivity index (χ2v) is 9.37. The van der Waals surface area contributed by atoms with E-state index in [2.05, 4.69) is 24.0 Å². The lowest BCUT2D eigenvalue weighted by molar-refractivity contribution is 0.414. The van der Waals surface area contributed by atoms with Gasteiger partial charge in [-0.25, -0.2) is 8.42 Å². The monoisotopic (exact) mass is 436 g/mol. The zero-order chi connectivity index (χ0) is 22.0. The van der Waals surface area contributed by atoms with Crippen LogP contribution in [0.2, 0.25) is 0 Å². The van der Waals surface area contributed by atoms with E-state index >= 15 is 0 Å². The fourth-order valence-electron chi connectivity index (χ4n) is 3.38. The minimum atomic E-state index is -3.92. The molecule has 0 saturated heterocycles. The van der Waals surface area contributed by atoms with Crippen molar-refractivity contribution in [3.05, 3.63) is 84.3 Å². The minimum absolute atomic E-state index is 0.106. The van der Waals surface area contributed by atoms with Gasteiger partial charge in [-0.1, -0.05) is 38.1 Å². The average molecular weight is 437 g/mol. The molecule has 0 atom stereocenters. The van der Waals surface area contributed by atoms with Gasteiger partial charge < -0.3 is 4.74 Å². The summed E-state index contributed by atoms with van der Waals surface area (Å²) in [7, 11) is -2.32. The number of hydrogen-bond acceptors (Lipinski definition) is 5. The Labute approximate surface area is 182 Å². The molecule has 7 nitrogen and oxygen atoms in total. The Bertz CT molecular complexity index is 1280. The van der Waals surface area contributed by atoms with E-state index in [-0.39, 0.29) is 11.4 Å². The summed E-state index contributed by atoms with van der Waals surface area (Å²) in [4.78, 5) is 0.106. The maximum atomic E-state index is 13.8. The van der Waals surface area contributed by atoms with Gasteiger partial charge in [0.25, 0.3) is 10.0 Å². The highest BCUT2D eigenvalue weighted by Gasteiger charge is 2.28. The van der Waals surface area contributed by atoms with Gasteiger partial charge in [0, 0.05) is 6.20 Å². The van der Waals surface area contributed by atoms with Crippen molar-refractivity contribution in [2.24, 2.45) is 0 Å². The number of nitrogens with zero attached hydrogens (tertiary/aromatic N) is 4. The smallest absolute Gasteiger partial charge is 0.268 e. The molecule has 0 bridgehead atoms. The van der Waals surface area contributed by atoms with Crippen molar-refractivity contribution in [2.75, 3.05) is 11.4 Å². The first-order valence-corrected chi connectivity index (χ1v) is 11.4. The summed E-state index contributed by atoms with van der Waals surface area (Å²) in [5, 5.41) is 7.88. The molecule has 0 N–H and O–H groups in total. The molecule has 0 amide bonds. The molecule has 0 saturated carbocycles. The molecule has 2 heterocycles. The van der Waals surface area contributed by atoms with Crippen LogP contribution in [0.1, 0.15) is 30.9 Å². The number of fused-ring (bicyclic) bond motifs is 1. The van der Waals surface area contributed by atoms with E-state index in [4.69, 9.17) is 4.74 Å². The van der Waals surface area contributed by atoms with Crippen molar-refractivity contribution in [1.82, 2.24) is 14.6 Å². The molecule has 160 valence electrons. The van der Waals surface area contributed by atoms with Crippen molar-refractivity contribution < 1.29 is 13.2 Å². The van der Waals surface area contributed by atoms with Crippen LogP contribution >= 0.6 is 0 Å². The van der Waals surface area contributed by atoms with Crippen LogP contribution in [-0.4, -0.2) is 30.1 Å². The highest BCUT2D eigenvalue weighted by Crippen LogP contribution is 2.29. The largest absolute Gasteiger partial charge is 0.497 e. The van der Waals surface area contributed by atoms with E-state index in [9.17, 15) is 8.42 Å². The Kier molecular flexibility index (Phi) is 5.65. The first-order chi connectivity index (χ1) is 14.9. The van der Waals surface area contributed by atoms with Crippen LogP contribution in [0.5, 0.6) is 5.75 Å². The number of rotatable bonds is 7. The van der Waals surface area contributed by atoms with Gasteiger partial charge in [-0.15, -0.1) is 10.2 Å². The number of ether oxygens (including phenoxy) is 1. The van der Waals surface area contributed by atoms with Crippen molar-refractivity contribution >= 4 is 21.4 Å². The van der Waals surface area contributed by atoms with E-state index in [0.717, 1.165) is 11.1 Å². The first kappa shape index (κ1) is 20.9. The van der Waals surface area contributed by atoms with E-state index in [1.807, 2.05) is 48.5 Å². The fourth-order valence-corrected chi connectivity index (χ4v) is 4.97. The summed E-state index contributed by atoms with van der Waals surface area (Å²) < 4.78 is 35.8. The zero-order valence-corrected chi connectivity index (χ0v) is 18.5. The number of aromatic nitrogens is 3. The van der Waals surface area contributed by atoms with Gasteiger partial charge in [0.2, 0.25) is 0 Å². The van der Waals surface area contributed by atoms with E-state index < -0.39 is 10.0 Å². The van der Waals surface area contributed by atoms with Gasteiger partial charge >= 0.3 is 0 Å². The van der Waals surface area contributed by atoms with Crippen LogP contribution in [0.15, 0.2) is 78.1 Å². The Morgan fingerprint density at radius 3 is 2.39 bits per heavy atom. The molecule has 2 aromatic heterocycles. The zero-order valence-electron chi connectivity index (χ0n) is 17.6. The Hall–Kier alpha value is -3.39. The number of anilines is 1. The molecule has 31 heavy (non-hydrogen) atoms. The normalized spacial score (nSPS) is 11.7. The number of pyridine rings is 1. The van der Waals surface area contributed by atoms with Crippen LogP contribution in [0.4, 0.5) is 5.69 Å². The topological polar surface area (TPSA) is 76.8 Å². The molecule has 2 aromatic carbocycles. The van der Waals surface area contributed by atoms with Gasteiger partial charge in [-0.3, -0.25) is 8.71 Å². The third kappa shape index (κ3) is 4.11. The van der Waals surface area contributed by atoms with Gasteiger partial charge in [0.1, 0.15) is 17.0 Å². The van der Waals surface area contributed by atoms with E-state index in [0.29, 0.717) is 23.0 Å². The maximum absolute atomic E-state index is 13.8. The summed E-state index contributed by atoms with van der Waals surface area (Å²) in [6, 6.07) is 18.2. The summed E-state index contributed by atoms with van der Waals surface area (Å²) >= 11 is 0. The summed E-state index contributed by atoms with van der Waals surface area (Å²) in [5.74, 6) is 1.07. The molecule has 8 heteroatoms. The number of methoxy groups -OCH3 is 1. The third-order valence-corrected chi connectivity index (χ3v) is 6.98. The van der Waals surface area contributed by atoms with Crippen LogP contribution in [0, 0.1) is 0 Å². The van der Waals surface area contributed by atoms with E-state index in [1.165, 1.54) is 10.6 Å². The molecule has 4 aromatic rings. The third-order valence-electron chi connectivity index (χ3n) is 5.19. The summed E-state index contributed by atoms with van der Waals surface area (Å²) in [6.07, 6.45) is 3.21. The summed E-state index contributed by atoms with van der Waals surface area (Å²) in [5.41, 5.74) is 2.86. The van der Waals surface area contributed by atoms with Crippen LogP contribution < -0.4 is 9.04 Å². The molecule has 0 unspecified atom stereocenters. The lowest BCUT2D eigenvalue weighted by Crippen LogP contribution is -2.31. The van der Waals surface area contributed by atoms with Gasteiger partial charge in [-0.05, 0) is 53.4 Å². The number of benzene rings is 2. The van der Waals surface area contributed by atoms with Crippen LogP contribution in [0.25, 0.3) is 5.65 Å². The number of sulfonamides is 1. The van der Waals surface area contributed by atoms with Crippen molar-refractivity contribution in [3.63, 3.8) is 0 Å². The Morgan fingerprint density at radius 2 is 1.74 bits per heavy atom. The van der Waals surface area contributed by atoms with Crippen molar-refractivity contribution in [1.29, 1.82) is 0 Å². The second kappa shape index (κ2) is 8.39. The highest BCUT2D eigenvalue weighted by atomic mass is 32.2. The summed E-state index contributed by atoms with van der Waals surface area (Å²) in [6.45, 7) is 4.38. The Morgan fingerprint density at radius 1 is 1.03 bits per heavy atom. The highest BCUT2D eigenvalue weighted by molar-refractivity contribution is 7.93. The van der Waals surface area contributed by atoms with Gasteiger partial charge in [-0.2, -0.15) is 0 Å². The molecule has 4 rings (SSSR count). The van der Waals surface area contributed by atoms with Crippen molar-refractivity contribution in [3.8, 4) is 5.75 Å². The maximum Gasteiger partial charge on any atom is 0.268 e. The molecule has 0 aliphatic rings. The Balaban J connectivity index is 1.81. The van der Waals surface area contributed by atoms with Gasteiger partial charge in [0.05, 0.1) is 19.3 Å². The molecule has 0 spiro atoms. The quantitative estimate of drug-likeness (QED) is 0.433. The molecular weight excluding hydrogens is 412 g/mol. The van der Waals surface area contributed by atoms with Crippen molar-refractivity contribution in [2.45, 2.75) is 31.2 Å². The molecule has 0 aliphatic carbocycles. The minimum Gasteiger partial charge on any atom is -0.497 e. The predicted molar refractivity (Wildman–Crippen MR) is 120 cm³/mol. The SMILES string of the molecule is COc1ccc(CN(c2ccc(C(C)C)cc2)S(=O)(=O)c2cccn3cnnc23)cc1. The van der Waals surface area contributed by atoms with Crippen LogP contribution in [-0.2, 0) is 16.6 Å². The standard InChI is InChI=1S/C23H24N4O3S/c1-17(2)19-8-10-20(11-9-19)27(15-18-6-12-21(30-3)13-7-18)31(28,29)22-5-4-14-26-16-24-25-23(22)26/h4-14,16-17H,15H2,1-3H3. The lowest BCUT2D eigenvalue weighted by Gasteiger charge is -2.25.